The molecule has 6 heteroatoms. The molecule has 4 nitrogen and oxygen atoms in total. The van der Waals surface area contributed by atoms with Gasteiger partial charge in [-0.1, -0.05) is 35.9 Å². The molecule has 0 bridgehead atoms. The van der Waals surface area contributed by atoms with Crippen molar-refractivity contribution in [1.82, 2.24) is 5.32 Å². The highest BCUT2D eigenvalue weighted by Gasteiger charge is 2.14. The summed E-state index contributed by atoms with van der Waals surface area (Å²) < 4.78 is 0. The number of amides is 2. The van der Waals surface area contributed by atoms with Gasteiger partial charge in [-0.2, -0.15) is 0 Å². The van der Waals surface area contributed by atoms with E-state index in [9.17, 15) is 9.59 Å². The summed E-state index contributed by atoms with van der Waals surface area (Å²) in [5.41, 5.74) is 2.58. The Hall–Kier alpha value is -2.76. The molecule has 0 fully saturated rings. The topological polar surface area (TPSA) is 58.2 Å². The lowest BCUT2D eigenvalue weighted by molar-refractivity contribution is 0.0944. The van der Waals surface area contributed by atoms with E-state index >= 15 is 0 Å². The molecule has 0 aliphatic rings. The number of carbonyl (C=O) groups excluding carboxylic acids is 2. The first-order chi connectivity index (χ1) is 14.4. The van der Waals surface area contributed by atoms with E-state index in [4.69, 9.17) is 11.6 Å². The van der Waals surface area contributed by atoms with Crippen LogP contribution in [0.3, 0.4) is 0 Å². The molecule has 0 saturated carbocycles. The first-order valence-corrected chi connectivity index (χ1v) is 11.0. The second-order valence-corrected chi connectivity index (χ2v) is 8.55. The van der Waals surface area contributed by atoms with Crippen LogP contribution in [0.25, 0.3) is 0 Å². The summed E-state index contributed by atoms with van der Waals surface area (Å²) in [5.74, 6) is 0.328. The van der Waals surface area contributed by atoms with Gasteiger partial charge in [0, 0.05) is 27.3 Å². The Morgan fingerprint density at radius 1 is 0.900 bits per heavy atom. The van der Waals surface area contributed by atoms with Crippen LogP contribution in [-0.2, 0) is 5.75 Å². The van der Waals surface area contributed by atoms with Gasteiger partial charge < -0.3 is 10.6 Å². The standard InChI is InChI=1S/C24H23ClN2O2S/c1-16(2)26-24(29)21-5-3-4-6-22(21)27-23(28)18-9-7-17(8-10-18)15-30-20-13-11-19(25)12-14-20/h3-14,16H,15H2,1-2H3,(H,26,29)(H,27,28). The van der Waals surface area contributed by atoms with Gasteiger partial charge in [-0.15, -0.1) is 11.8 Å². The van der Waals surface area contributed by atoms with Crippen LogP contribution in [0.5, 0.6) is 0 Å². The molecule has 0 unspecified atom stereocenters. The number of nitrogens with one attached hydrogen (secondary N) is 2. The summed E-state index contributed by atoms with van der Waals surface area (Å²) in [5, 5.41) is 6.42. The highest BCUT2D eigenvalue weighted by molar-refractivity contribution is 7.98. The van der Waals surface area contributed by atoms with Gasteiger partial charge in [0.05, 0.1) is 11.3 Å². The van der Waals surface area contributed by atoms with Crippen molar-refractivity contribution in [3.63, 3.8) is 0 Å². The summed E-state index contributed by atoms with van der Waals surface area (Å²) >= 11 is 7.62. The van der Waals surface area contributed by atoms with Crippen LogP contribution >= 0.6 is 23.4 Å². The Morgan fingerprint density at radius 3 is 2.23 bits per heavy atom. The maximum Gasteiger partial charge on any atom is 0.255 e. The Kier molecular flexibility index (Phi) is 7.55. The molecule has 3 aromatic rings. The van der Waals surface area contributed by atoms with E-state index in [1.807, 2.05) is 50.2 Å². The zero-order valence-corrected chi connectivity index (χ0v) is 18.4. The first kappa shape index (κ1) is 21.9. The Balaban J connectivity index is 1.64. The van der Waals surface area contributed by atoms with E-state index < -0.39 is 0 Å². The van der Waals surface area contributed by atoms with Gasteiger partial charge in [-0.25, -0.2) is 0 Å². The second-order valence-electron chi connectivity index (χ2n) is 7.07. The molecule has 3 aromatic carbocycles. The maximum atomic E-state index is 12.7. The zero-order valence-electron chi connectivity index (χ0n) is 16.8. The Bertz CT molecular complexity index is 1020. The predicted octanol–water partition coefficient (Wildman–Crippen LogP) is 6.02. The van der Waals surface area contributed by atoms with Crippen LogP contribution in [-0.4, -0.2) is 17.9 Å². The Morgan fingerprint density at radius 2 is 1.57 bits per heavy atom. The number of para-hydroxylation sites is 1. The molecule has 0 aliphatic carbocycles. The molecule has 30 heavy (non-hydrogen) atoms. The van der Waals surface area contributed by atoms with Crippen molar-refractivity contribution in [2.45, 2.75) is 30.5 Å². The monoisotopic (exact) mass is 438 g/mol. The molecular formula is C24H23ClN2O2S. The quantitative estimate of drug-likeness (QED) is 0.443. The van der Waals surface area contributed by atoms with E-state index in [0.717, 1.165) is 21.2 Å². The van der Waals surface area contributed by atoms with Gasteiger partial charge in [0.25, 0.3) is 11.8 Å². The number of rotatable bonds is 7. The van der Waals surface area contributed by atoms with Crippen molar-refractivity contribution in [3.8, 4) is 0 Å². The van der Waals surface area contributed by atoms with Crippen LogP contribution in [0.1, 0.15) is 40.1 Å². The fraction of sp³-hybridized carbons (Fsp3) is 0.167. The lowest BCUT2D eigenvalue weighted by Gasteiger charge is -2.13. The molecule has 0 aliphatic heterocycles. The van der Waals surface area contributed by atoms with E-state index in [-0.39, 0.29) is 17.9 Å². The normalized spacial score (nSPS) is 10.7. The lowest BCUT2D eigenvalue weighted by Crippen LogP contribution is -2.31. The number of benzene rings is 3. The number of anilines is 1. The van der Waals surface area contributed by atoms with Crippen molar-refractivity contribution >= 4 is 40.9 Å². The molecule has 0 saturated heterocycles. The van der Waals surface area contributed by atoms with Gasteiger partial charge in [-0.05, 0) is 67.9 Å². The number of hydrogen-bond acceptors (Lipinski definition) is 3. The maximum absolute atomic E-state index is 12.7. The van der Waals surface area contributed by atoms with Crippen molar-refractivity contribution in [2.24, 2.45) is 0 Å². The van der Waals surface area contributed by atoms with Gasteiger partial charge >= 0.3 is 0 Å². The van der Waals surface area contributed by atoms with Crippen molar-refractivity contribution in [1.29, 1.82) is 0 Å². The third kappa shape index (κ3) is 6.12. The SMILES string of the molecule is CC(C)NC(=O)c1ccccc1NC(=O)c1ccc(CSc2ccc(Cl)cc2)cc1. The first-order valence-electron chi connectivity index (χ1n) is 9.61. The summed E-state index contributed by atoms with van der Waals surface area (Å²) in [6.45, 7) is 3.79. The van der Waals surface area contributed by atoms with Crippen molar-refractivity contribution in [3.05, 3.63) is 94.5 Å². The summed E-state index contributed by atoms with van der Waals surface area (Å²) in [7, 11) is 0. The molecule has 0 heterocycles. The van der Waals surface area contributed by atoms with E-state index in [2.05, 4.69) is 10.6 Å². The highest BCUT2D eigenvalue weighted by Crippen LogP contribution is 2.24. The molecule has 0 aromatic heterocycles. The molecule has 0 radical (unpaired) electrons. The molecular weight excluding hydrogens is 416 g/mol. The van der Waals surface area contributed by atoms with E-state index in [1.165, 1.54) is 0 Å². The van der Waals surface area contributed by atoms with Crippen molar-refractivity contribution < 1.29 is 9.59 Å². The molecule has 0 atom stereocenters. The third-order valence-electron chi connectivity index (χ3n) is 4.27. The van der Waals surface area contributed by atoms with Crippen LogP contribution in [0.15, 0.2) is 77.7 Å². The van der Waals surface area contributed by atoms with Crippen LogP contribution in [0.4, 0.5) is 5.69 Å². The summed E-state index contributed by atoms with van der Waals surface area (Å²) in [4.78, 5) is 26.2. The van der Waals surface area contributed by atoms with Crippen LogP contribution < -0.4 is 10.6 Å². The number of halogens is 1. The summed E-state index contributed by atoms with van der Waals surface area (Å²) in [6.07, 6.45) is 0. The number of hydrogen-bond donors (Lipinski definition) is 2. The molecule has 2 N–H and O–H groups in total. The van der Waals surface area contributed by atoms with Crippen LogP contribution in [0.2, 0.25) is 5.02 Å². The van der Waals surface area contributed by atoms with E-state index in [1.54, 1.807) is 48.2 Å². The molecule has 154 valence electrons. The average molecular weight is 439 g/mol. The third-order valence-corrected chi connectivity index (χ3v) is 5.61. The summed E-state index contributed by atoms with van der Waals surface area (Å²) in [6, 6.07) is 22.2. The van der Waals surface area contributed by atoms with Crippen LogP contribution in [0, 0.1) is 0 Å². The second kappa shape index (κ2) is 10.3. The van der Waals surface area contributed by atoms with Crippen molar-refractivity contribution in [2.75, 3.05) is 5.32 Å². The number of carbonyl (C=O) groups is 2. The van der Waals surface area contributed by atoms with Gasteiger partial charge in [0.1, 0.15) is 0 Å². The minimum absolute atomic E-state index is 0.0135. The predicted molar refractivity (Wildman–Crippen MR) is 124 cm³/mol. The fourth-order valence-corrected chi connectivity index (χ4v) is 3.75. The largest absolute Gasteiger partial charge is 0.350 e. The highest BCUT2D eigenvalue weighted by atomic mass is 35.5. The minimum Gasteiger partial charge on any atom is -0.350 e. The fourth-order valence-electron chi connectivity index (χ4n) is 2.77. The molecule has 2 amide bonds. The minimum atomic E-state index is -0.253. The lowest BCUT2D eigenvalue weighted by atomic mass is 10.1. The smallest absolute Gasteiger partial charge is 0.255 e. The Labute approximate surface area is 186 Å². The van der Waals surface area contributed by atoms with Gasteiger partial charge in [-0.3, -0.25) is 9.59 Å². The number of thioether (sulfide) groups is 1. The molecule has 0 spiro atoms. The average Bonchev–Trinajstić information content (AvgIpc) is 2.73. The molecule has 3 rings (SSSR count). The zero-order chi connectivity index (χ0) is 21.5. The van der Waals surface area contributed by atoms with E-state index in [0.29, 0.717) is 16.8 Å². The van der Waals surface area contributed by atoms with Gasteiger partial charge in [0.15, 0.2) is 0 Å². The van der Waals surface area contributed by atoms with Gasteiger partial charge in [0.2, 0.25) is 0 Å².